The van der Waals surface area contributed by atoms with Crippen molar-refractivity contribution in [2.24, 2.45) is 10.9 Å². The topological polar surface area (TPSA) is 56.9 Å². The maximum Gasteiger partial charge on any atom is 0.194 e. The fraction of sp³-hybridized carbons (Fsp3) is 0.750. The molecule has 0 unspecified atom stereocenters. The fourth-order valence-electron chi connectivity index (χ4n) is 2.91. The summed E-state index contributed by atoms with van der Waals surface area (Å²) in [5.41, 5.74) is 2.07. The van der Waals surface area contributed by atoms with Gasteiger partial charge in [0.1, 0.15) is 5.76 Å². The van der Waals surface area contributed by atoms with Crippen LogP contribution in [0.5, 0.6) is 0 Å². The molecule has 0 saturated carbocycles. The number of nitrogens with zero attached hydrogens (tertiary/aromatic N) is 4. The summed E-state index contributed by atoms with van der Waals surface area (Å²) in [7, 11) is 1.84. The predicted molar refractivity (Wildman–Crippen MR) is 104 cm³/mol. The quantitative estimate of drug-likeness (QED) is 0.447. The minimum absolute atomic E-state index is 0. The molecule has 1 aliphatic heterocycles. The highest BCUT2D eigenvalue weighted by molar-refractivity contribution is 14.0. The van der Waals surface area contributed by atoms with Crippen LogP contribution in [0.2, 0.25) is 0 Å². The van der Waals surface area contributed by atoms with E-state index in [9.17, 15) is 0 Å². The van der Waals surface area contributed by atoms with E-state index < -0.39 is 0 Å². The second-order valence-electron chi connectivity index (χ2n) is 6.38. The monoisotopic (exact) mass is 435 g/mol. The highest BCUT2D eigenvalue weighted by atomic mass is 127. The van der Waals surface area contributed by atoms with Crippen LogP contribution in [0.3, 0.4) is 0 Å². The number of piperazine rings is 1. The summed E-state index contributed by atoms with van der Waals surface area (Å²) in [6.45, 7) is 14.6. The zero-order valence-corrected chi connectivity index (χ0v) is 17.3. The van der Waals surface area contributed by atoms with E-state index in [0.29, 0.717) is 6.54 Å². The maximum absolute atomic E-state index is 5.21. The second kappa shape index (κ2) is 9.46. The predicted octanol–water partition coefficient (Wildman–Crippen LogP) is 2.26. The normalized spacial score (nSPS) is 16.6. The summed E-state index contributed by atoms with van der Waals surface area (Å²) >= 11 is 0. The molecule has 1 fully saturated rings. The van der Waals surface area contributed by atoms with Crippen LogP contribution in [0.4, 0.5) is 0 Å². The van der Waals surface area contributed by atoms with Crippen molar-refractivity contribution in [2.45, 2.75) is 34.2 Å². The molecule has 0 spiro atoms. The molecule has 132 valence electrons. The van der Waals surface area contributed by atoms with Gasteiger partial charge in [0.25, 0.3) is 0 Å². The molecule has 1 saturated heterocycles. The number of rotatable bonds is 4. The third-order valence-electron chi connectivity index (χ3n) is 4.11. The van der Waals surface area contributed by atoms with E-state index >= 15 is 0 Å². The first kappa shape index (κ1) is 20.2. The molecule has 1 aromatic rings. The van der Waals surface area contributed by atoms with Gasteiger partial charge in [-0.25, -0.2) is 0 Å². The average Bonchev–Trinajstić information content (AvgIpc) is 2.80. The molecule has 2 rings (SSSR count). The van der Waals surface area contributed by atoms with E-state index in [-0.39, 0.29) is 24.0 Å². The van der Waals surface area contributed by atoms with Gasteiger partial charge in [0.15, 0.2) is 5.96 Å². The Labute approximate surface area is 156 Å². The van der Waals surface area contributed by atoms with Gasteiger partial charge in [0.05, 0.1) is 5.69 Å². The van der Waals surface area contributed by atoms with Crippen molar-refractivity contribution in [1.82, 2.24) is 20.3 Å². The number of aliphatic imine (C=N–C) groups is 1. The van der Waals surface area contributed by atoms with Crippen molar-refractivity contribution in [3.05, 3.63) is 17.0 Å². The van der Waals surface area contributed by atoms with Crippen LogP contribution in [0.25, 0.3) is 0 Å². The van der Waals surface area contributed by atoms with E-state index in [0.717, 1.165) is 55.1 Å². The van der Waals surface area contributed by atoms with E-state index in [2.05, 4.69) is 39.1 Å². The van der Waals surface area contributed by atoms with E-state index in [4.69, 9.17) is 4.52 Å². The van der Waals surface area contributed by atoms with Gasteiger partial charge in [-0.2, -0.15) is 0 Å². The average molecular weight is 435 g/mol. The lowest BCUT2D eigenvalue weighted by molar-refractivity contribution is 0.164. The number of nitrogens with one attached hydrogen (secondary N) is 1. The molecule has 0 aromatic carbocycles. The SMILES string of the molecule is CN=C(NCc1c(C)noc1C)N1CCN(CC(C)C)CC1.I. The van der Waals surface area contributed by atoms with Crippen LogP contribution in [0.1, 0.15) is 30.9 Å². The van der Waals surface area contributed by atoms with Gasteiger partial charge in [0.2, 0.25) is 0 Å². The highest BCUT2D eigenvalue weighted by Gasteiger charge is 2.20. The lowest BCUT2D eigenvalue weighted by atomic mass is 10.2. The molecule has 0 aliphatic carbocycles. The summed E-state index contributed by atoms with van der Waals surface area (Å²) in [4.78, 5) is 9.28. The Morgan fingerprint density at radius 2 is 1.91 bits per heavy atom. The molecule has 1 N–H and O–H groups in total. The molecule has 23 heavy (non-hydrogen) atoms. The standard InChI is InChI=1S/C16H29N5O.HI/c1-12(2)11-20-6-8-21(9-7-20)16(17-5)18-10-15-13(3)19-22-14(15)4;/h12H,6-11H2,1-5H3,(H,17,18);1H. The van der Waals surface area contributed by atoms with E-state index in [1.165, 1.54) is 6.54 Å². The van der Waals surface area contributed by atoms with Crippen LogP contribution >= 0.6 is 24.0 Å². The summed E-state index contributed by atoms with van der Waals surface area (Å²) in [6, 6.07) is 0. The Morgan fingerprint density at radius 1 is 1.26 bits per heavy atom. The Kier molecular flexibility index (Phi) is 8.32. The molecule has 1 aromatic heterocycles. The third-order valence-corrected chi connectivity index (χ3v) is 4.11. The van der Waals surface area contributed by atoms with Crippen molar-refractivity contribution in [1.29, 1.82) is 0 Å². The molecule has 1 aliphatic rings. The first-order valence-corrected chi connectivity index (χ1v) is 8.11. The highest BCUT2D eigenvalue weighted by Crippen LogP contribution is 2.12. The number of halogens is 1. The minimum atomic E-state index is 0. The van der Waals surface area contributed by atoms with Gasteiger partial charge in [0, 0.05) is 51.9 Å². The largest absolute Gasteiger partial charge is 0.361 e. The number of aromatic nitrogens is 1. The molecular weight excluding hydrogens is 405 g/mol. The molecule has 0 amide bonds. The van der Waals surface area contributed by atoms with Gasteiger partial charge in [-0.1, -0.05) is 19.0 Å². The van der Waals surface area contributed by atoms with Crippen molar-refractivity contribution >= 4 is 29.9 Å². The Morgan fingerprint density at radius 3 is 2.39 bits per heavy atom. The van der Waals surface area contributed by atoms with Gasteiger partial charge in [-0.3, -0.25) is 9.89 Å². The van der Waals surface area contributed by atoms with Gasteiger partial charge >= 0.3 is 0 Å². The number of aryl methyl sites for hydroxylation is 2. The maximum atomic E-state index is 5.21. The number of hydrogen-bond acceptors (Lipinski definition) is 4. The number of hydrogen-bond donors (Lipinski definition) is 1. The fourth-order valence-corrected chi connectivity index (χ4v) is 2.91. The molecule has 7 heteroatoms. The van der Waals surface area contributed by atoms with Crippen molar-refractivity contribution in [3.8, 4) is 0 Å². The molecule has 0 radical (unpaired) electrons. The van der Waals surface area contributed by atoms with E-state index in [1.807, 2.05) is 20.9 Å². The molecule has 0 atom stereocenters. The summed E-state index contributed by atoms with van der Waals surface area (Å²) in [5.74, 6) is 2.56. The smallest absolute Gasteiger partial charge is 0.194 e. The van der Waals surface area contributed by atoms with Crippen LogP contribution in [-0.4, -0.2) is 60.7 Å². The first-order chi connectivity index (χ1) is 10.5. The minimum Gasteiger partial charge on any atom is -0.361 e. The summed E-state index contributed by atoms with van der Waals surface area (Å²) in [6.07, 6.45) is 0. The van der Waals surface area contributed by atoms with Gasteiger partial charge < -0.3 is 14.7 Å². The van der Waals surface area contributed by atoms with Crippen LogP contribution in [0, 0.1) is 19.8 Å². The van der Waals surface area contributed by atoms with Gasteiger partial charge in [-0.15, -0.1) is 24.0 Å². The number of guanidine groups is 1. The third kappa shape index (κ3) is 5.63. The summed E-state index contributed by atoms with van der Waals surface area (Å²) in [5, 5.41) is 7.43. The lowest BCUT2D eigenvalue weighted by Gasteiger charge is -2.37. The lowest BCUT2D eigenvalue weighted by Crippen LogP contribution is -2.52. The van der Waals surface area contributed by atoms with Crippen molar-refractivity contribution < 1.29 is 4.52 Å². The zero-order chi connectivity index (χ0) is 16.1. The van der Waals surface area contributed by atoms with Gasteiger partial charge in [-0.05, 0) is 19.8 Å². The summed E-state index contributed by atoms with van der Waals surface area (Å²) < 4.78 is 5.21. The first-order valence-electron chi connectivity index (χ1n) is 8.11. The Bertz CT molecular complexity index is 487. The molecule has 2 heterocycles. The Balaban J connectivity index is 0.00000264. The molecular formula is C16H30IN5O. The van der Waals surface area contributed by atoms with Crippen molar-refractivity contribution in [2.75, 3.05) is 39.8 Å². The van der Waals surface area contributed by atoms with Crippen LogP contribution in [0.15, 0.2) is 9.52 Å². The second-order valence-corrected chi connectivity index (χ2v) is 6.38. The van der Waals surface area contributed by atoms with Crippen LogP contribution < -0.4 is 5.32 Å². The van der Waals surface area contributed by atoms with Crippen LogP contribution in [-0.2, 0) is 6.54 Å². The zero-order valence-electron chi connectivity index (χ0n) is 14.9. The van der Waals surface area contributed by atoms with E-state index in [1.54, 1.807) is 0 Å². The molecule has 6 nitrogen and oxygen atoms in total. The van der Waals surface area contributed by atoms with Crippen molar-refractivity contribution in [3.63, 3.8) is 0 Å². The Hall–Kier alpha value is -0.830. The molecule has 0 bridgehead atoms.